The predicted molar refractivity (Wildman–Crippen MR) is 61.6 cm³/mol. The maximum absolute atomic E-state index is 11.0. The second-order valence-electron chi connectivity index (χ2n) is 3.40. The summed E-state index contributed by atoms with van der Waals surface area (Å²) in [5, 5.41) is 11.7. The van der Waals surface area contributed by atoms with E-state index < -0.39 is 14.8 Å². The van der Waals surface area contributed by atoms with Crippen molar-refractivity contribution in [3.63, 3.8) is 0 Å². The summed E-state index contributed by atoms with van der Waals surface area (Å²) < 4.78 is 22.1. The molecule has 0 saturated carbocycles. The number of rotatable bonds is 3. The van der Waals surface area contributed by atoms with Gasteiger partial charge in [0.25, 0.3) is 5.69 Å². The number of allylic oxidation sites excluding steroid dienone is 1. The van der Waals surface area contributed by atoms with Crippen LogP contribution in [0.1, 0.15) is 12.5 Å². The van der Waals surface area contributed by atoms with E-state index in [-0.39, 0.29) is 5.69 Å². The lowest BCUT2D eigenvalue weighted by molar-refractivity contribution is -0.385. The molecule has 1 aromatic carbocycles. The molecule has 16 heavy (non-hydrogen) atoms. The fraction of sp³-hybridized carbons (Fsp3) is 0.200. The van der Waals surface area contributed by atoms with E-state index in [4.69, 9.17) is 0 Å². The smallest absolute Gasteiger partial charge is 0.258 e. The summed E-state index contributed by atoms with van der Waals surface area (Å²) in [7, 11) is -3.30. The third-order valence-corrected chi connectivity index (χ3v) is 2.70. The minimum atomic E-state index is -3.30. The fourth-order valence-corrected chi connectivity index (χ4v) is 2.12. The zero-order valence-corrected chi connectivity index (χ0v) is 9.69. The van der Waals surface area contributed by atoms with Crippen molar-refractivity contribution in [3.8, 4) is 0 Å². The van der Waals surface area contributed by atoms with Gasteiger partial charge in [-0.2, -0.15) is 0 Å². The first-order chi connectivity index (χ1) is 7.31. The van der Waals surface area contributed by atoms with Crippen LogP contribution in [0.15, 0.2) is 29.7 Å². The van der Waals surface area contributed by atoms with Gasteiger partial charge < -0.3 is 0 Å². The fourth-order valence-electron chi connectivity index (χ4n) is 1.35. The van der Waals surface area contributed by atoms with Crippen molar-refractivity contribution in [2.45, 2.75) is 6.92 Å². The van der Waals surface area contributed by atoms with Crippen molar-refractivity contribution in [3.05, 3.63) is 45.4 Å². The van der Waals surface area contributed by atoms with Crippen LogP contribution in [0.5, 0.6) is 0 Å². The minimum Gasteiger partial charge on any atom is -0.258 e. The molecule has 0 spiro atoms. The third kappa shape index (κ3) is 3.16. The molecule has 0 amide bonds. The molecule has 86 valence electrons. The van der Waals surface area contributed by atoms with E-state index >= 15 is 0 Å². The zero-order chi connectivity index (χ0) is 12.3. The number of nitro benzene ring substituents is 1. The van der Waals surface area contributed by atoms with Gasteiger partial charge in [0.1, 0.15) is 0 Å². The minimum absolute atomic E-state index is 0.0973. The normalized spacial score (nSPS) is 12.5. The Bertz CT molecular complexity index is 546. The van der Waals surface area contributed by atoms with Gasteiger partial charge in [0.2, 0.25) is 0 Å². The van der Waals surface area contributed by atoms with Gasteiger partial charge in [-0.1, -0.05) is 12.1 Å². The van der Waals surface area contributed by atoms with Crippen LogP contribution in [-0.4, -0.2) is 19.6 Å². The molecular weight excluding hydrogens is 230 g/mol. The second-order valence-corrected chi connectivity index (χ2v) is 5.30. The summed E-state index contributed by atoms with van der Waals surface area (Å²) in [6.45, 7) is 1.53. The first kappa shape index (κ1) is 12.4. The molecule has 0 aliphatic heterocycles. The van der Waals surface area contributed by atoms with Crippen LogP contribution < -0.4 is 0 Å². The van der Waals surface area contributed by atoms with Gasteiger partial charge in [0, 0.05) is 17.7 Å². The van der Waals surface area contributed by atoms with E-state index in [1.807, 2.05) is 0 Å². The first-order valence-electron chi connectivity index (χ1n) is 4.43. The highest BCUT2D eigenvalue weighted by atomic mass is 32.2. The molecule has 0 fully saturated rings. The number of hydrogen-bond donors (Lipinski definition) is 0. The molecular formula is C10H11NO4S. The predicted octanol–water partition coefficient (Wildman–Crippen LogP) is 2.00. The number of benzene rings is 1. The summed E-state index contributed by atoms with van der Waals surface area (Å²) in [6, 6.07) is 6.03. The van der Waals surface area contributed by atoms with Gasteiger partial charge in [-0.3, -0.25) is 10.1 Å². The summed E-state index contributed by atoms with van der Waals surface area (Å²) in [5.74, 6) is 0. The van der Waals surface area contributed by atoms with Gasteiger partial charge in [-0.05, 0) is 18.6 Å². The number of para-hydroxylation sites is 1. The van der Waals surface area contributed by atoms with E-state index in [0.29, 0.717) is 11.1 Å². The van der Waals surface area contributed by atoms with Crippen LogP contribution in [0.25, 0.3) is 5.57 Å². The van der Waals surface area contributed by atoms with Crippen molar-refractivity contribution in [1.29, 1.82) is 0 Å². The average molecular weight is 241 g/mol. The Kier molecular flexibility index (Phi) is 3.44. The van der Waals surface area contributed by atoms with Crippen molar-refractivity contribution >= 4 is 21.1 Å². The number of nitrogens with zero attached hydrogens (tertiary/aromatic N) is 1. The molecule has 5 nitrogen and oxygen atoms in total. The monoisotopic (exact) mass is 241 g/mol. The Labute approximate surface area is 93.5 Å². The van der Waals surface area contributed by atoms with E-state index in [0.717, 1.165) is 11.7 Å². The molecule has 0 aliphatic carbocycles. The van der Waals surface area contributed by atoms with Crippen LogP contribution in [0.3, 0.4) is 0 Å². The highest BCUT2D eigenvalue weighted by molar-refractivity contribution is 7.93. The summed E-state index contributed by atoms with van der Waals surface area (Å²) in [5.41, 5.74) is 0.577. The van der Waals surface area contributed by atoms with E-state index in [2.05, 4.69) is 0 Å². The number of hydrogen-bond acceptors (Lipinski definition) is 4. The van der Waals surface area contributed by atoms with Gasteiger partial charge in [0.05, 0.1) is 10.5 Å². The largest absolute Gasteiger partial charge is 0.276 e. The first-order valence-corrected chi connectivity index (χ1v) is 6.39. The van der Waals surface area contributed by atoms with Crippen molar-refractivity contribution in [2.24, 2.45) is 0 Å². The standard InChI is InChI=1S/C10H11NO4S/c1-8(7-16(2,14)15)9-5-3-4-6-10(9)11(12)13/h3-7H,1-2H3/b8-7-. The van der Waals surface area contributed by atoms with E-state index in [9.17, 15) is 18.5 Å². The van der Waals surface area contributed by atoms with Gasteiger partial charge >= 0.3 is 0 Å². The van der Waals surface area contributed by atoms with Crippen LogP contribution in [-0.2, 0) is 9.84 Å². The summed E-state index contributed by atoms with van der Waals surface area (Å²) in [4.78, 5) is 10.2. The Morgan fingerprint density at radius 3 is 2.44 bits per heavy atom. The molecule has 0 bridgehead atoms. The highest BCUT2D eigenvalue weighted by Crippen LogP contribution is 2.25. The average Bonchev–Trinajstić information content (AvgIpc) is 2.15. The van der Waals surface area contributed by atoms with E-state index in [1.165, 1.54) is 25.1 Å². The van der Waals surface area contributed by atoms with Gasteiger partial charge in [0.15, 0.2) is 9.84 Å². The molecule has 0 radical (unpaired) electrons. The maximum Gasteiger partial charge on any atom is 0.276 e. The van der Waals surface area contributed by atoms with Crippen LogP contribution >= 0.6 is 0 Å². The Morgan fingerprint density at radius 1 is 1.38 bits per heavy atom. The SMILES string of the molecule is C/C(=C/S(C)(=O)=O)c1ccccc1[N+](=O)[O-]. The van der Waals surface area contributed by atoms with Crippen molar-refractivity contribution < 1.29 is 13.3 Å². The van der Waals surface area contributed by atoms with Crippen LogP contribution in [0, 0.1) is 10.1 Å². The zero-order valence-electron chi connectivity index (χ0n) is 8.88. The molecule has 0 atom stereocenters. The van der Waals surface area contributed by atoms with Crippen LogP contribution in [0.2, 0.25) is 0 Å². The summed E-state index contributed by atoms with van der Waals surface area (Å²) in [6.07, 6.45) is 1.05. The lowest BCUT2D eigenvalue weighted by Crippen LogP contribution is -1.96. The highest BCUT2D eigenvalue weighted by Gasteiger charge is 2.14. The topological polar surface area (TPSA) is 77.3 Å². The lowest BCUT2D eigenvalue weighted by atomic mass is 10.1. The number of sulfone groups is 1. The molecule has 0 heterocycles. The molecule has 0 aromatic heterocycles. The molecule has 0 unspecified atom stereocenters. The summed E-state index contributed by atoms with van der Waals surface area (Å²) >= 11 is 0. The Morgan fingerprint density at radius 2 is 1.94 bits per heavy atom. The molecule has 1 aromatic rings. The lowest BCUT2D eigenvalue weighted by Gasteiger charge is -2.02. The maximum atomic E-state index is 11.0. The quantitative estimate of drug-likeness (QED) is 0.599. The van der Waals surface area contributed by atoms with E-state index in [1.54, 1.807) is 6.07 Å². The molecule has 0 aliphatic rings. The molecule has 0 saturated heterocycles. The van der Waals surface area contributed by atoms with Gasteiger partial charge in [-0.15, -0.1) is 0 Å². The Balaban J connectivity index is 3.34. The Hall–Kier alpha value is -1.69. The van der Waals surface area contributed by atoms with Crippen molar-refractivity contribution in [2.75, 3.05) is 6.26 Å². The molecule has 0 N–H and O–H groups in total. The van der Waals surface area contributed by atoms with Crippen LogP contribution in [0.4, 0.5) is 5.69 Å². The number of nitro groups is 1. The molecule has 6 heteroatoms. The third-order valence-electron chi connectivity index (χ3n) is 1.92. The van der Waals surface area contributed by atoms with Gasteiger partial charge in [-0.25, -0.2) is 8.42 Å². The van der Waals surface area contributed by atoms with Crippen molar-refractivity contribution in [1.82, 2.24) is 0 Å². The molecule has 1 rings (SSSR count). The second kappa shape index (κ2) is 4.44.